The Kier molecular flexibility index (Phi) is 6.00. The minimum absolute atomic E-state index is 0.00174. The van der Waals surface area contributed by atoms with E-state index in [1.165, 1.54) is 0 Å². The van der Waals surface area contributed by atoms with Crippen molar-refractivity contribution in [2.45, 2.75) is 38.2 Å². The molecule has 1 saturated heterocycles. The average Bonchev–Trinajstić information content (AvgIpc) is 3.51. The molecule has 1 aromatic carbocycles. The van der Waals surface area contributed by atoms with Crippen molar-refractivity contribution in [2.75, 3.05) is 50.5 Å². The summed E-state index contributed by atoms with van der Waals surface area (Å²) in [5.41, 5.74) is 8.90. The van der Waals surface area contributed by atoms with Gasteiger partial charge in [-0.05, 0) is 43.5 Å². The number of nitrogens with zero attached hydrogens (tertiary/aromatic N) is 4. The van der Waals surface area contributed by atoms with Crippen LogP contribution in [0.4, 0.5) is 11.5 Å². The maximum atomic E-state index is 12.0. The fourth-order valence-corrected chi connectivity index (χ4v) is 3.88. The van der Waals surface area contributed by atoms with Crippen LogP contribution in [0.3, 0.4) is 0 Å². The van der Waals surface area contributed by atoms with Gasteiger partial charge in [-0.3, -0.25) is 4.79 Å². The fourth-order valence-electron chi connectivity index (χ4n) is 3.88. The van der Waals surface area contributed by atoms with E-state index >= 15 is 0 Å². The summed E-state index contributed by atoms with van der Waals surface area (Å²) in [7, 11) is 1.54. The number of anilines is 2. The molecule has 2 heterocycles. The Labute approximate surface area is 183 Å². The van der Waals surface area contributed by atoms with Gasteiger partial charge >= 0.3 is 0 Å². The third-order valence-electron chi connectivity index (χ3n) is 6.18. The predicted octanol–water partition coefficient (Wildman–Crippen LogP) is 2.44. The topological polar surface area (TPSA) is 93.8 Å². The molecule has 8 heteroatoms. The van der Waals surface area contributed by atoms with E-state index in [9.17, 15) is 4.79 Å². The molecule has 1 aromatic heterocycles. The minimum atomic E-state index is -0.0362. The van der Waals surface area contributed by atoms with E-state index in [2.05, 4.69) is 28.7 Å². The van der Waals surface area contributed by atoms with Gasteiger partial charge < -0.3 is 25.0 Å². The highest BCUT2D eigenvalue weighted by Gasteiger charge is 2.40. The lowest BCUT2D eigenvalue weighted by atomic mass is 9.95. The number of hydrogen-bond acceptors (Lipinski definition) is 7. The van der Waals surface area contributed by atoms with E-state index in [1.54, 1.807) is 13.4 Å². The van der Waals surface area contributed by atoms with Crippen LogP contribution >= 0.6 is 0 Å². The lowest BCUT2D eigenvalue weighted by Gasteiger charge is -2.35. The van der Waals surface area contributed by atoms with E-state index < -0.39 is 0 Å². The smallest absolute Gasteiger partial charge is 0.248 e. The Bertz CT molecular complexity index is 939. The molecule has 2 N–H and O–H groups in total. The molecule has 2 aromatic rings. The van der Waals surface area contributed by atoms with Gasteiger partial charge in [-0.2, -0.15) is 0 Å². The van der Waals surface area contributed by atoms with Crippen LogP contribution in [-0.2, 0) is 9.53 Å². The van der Waals surface area contributed by atoms with Crippen LogP contribution in [-0.4, -0.2) is 66.3 Å². The zero-order valence-corrected chi connectivity index (χ0v) is 18.5. The fraction of sp³-hybridized carbons (Fsp3) is 0.522. The number of hydrogen-bond donors (Lipinski definition) is 1. The number of carbonyl (C=O) groups is 1. The van der Waals surface area contributed by atoms with Gasteiger partial charge in [0, 0.05) is 51.0 Å². The van der Waals surface area contributed by atoms with Crippen LogP contribution in [0.2, 0.25) is 0 Å². The van der Waals surface area contributed by atoms with Gasteiger partial charge in [0.05, 0.1) is 5.69 Å². The van der Waals surface area contributed by atoms with Crippen LogP contribution in [0.5, 0.6) is 5.75 Å². The Hall–Kier alpha value is -2.87. The Morgan fingerprint density at radius 3 is 2.61 bits per heavy atom. The number of methoxy groups -OCH3 is 1. The molecule has 2 fully saturated rings. The van der Waals surface area contributed by atoms with Gasteiger partial charge in [-0.15, -0.1) is 0 Å². The molecule has 1 amide bonds. The zero-order valence-electron chi connectivity index (χ0n) is 18.5. The molecule has 1 unspecified atom stereocenters. The summed E-state index contributed by atoms with van der Waals surface area (Å²) in [6.07, 6.45) is 3.77. The first-order valence-corrected chi connectivity index (χ1v) is 10.8. The molecular formula is C23H31N5O3. The number of nitrogens with two attached hydrogens (primary N) is 1. The monoisotopic (exact) mass is 425 g/mol. The highest BCUT2D eigenvalue weighted by molar-refractivity contribution is 5.77. The van der Waals surface area contributed by atoms with E-state index in [4.69, 9.17) is 15.2 Å². The molecule has 1 aliphatic carbocycles. The van der Waals surface area contributed by atoms with Crippen molar-refractivity contribution in [2.24, 2.45) is 0 Å². The molecule has 0 radical (unpaired) electrons. The van der Waals surface area contributed by atoms with Gasteiger partial charge in [0.25, 0.3) is 0 Å². The largest absolute Gasteiger partial charge is 0.488 e. The van der Waals surface area contributed by atoms with Crippen molar-refractivity contribution in [3.63, 3.8) is 0 Å². The number of nitrogen functional groups attached to an aromatic ring is 1. The van der Waals surface area contributed by atoms with Crippen LogP contribution in [0.15, 0.2) is 30.6 Å². The van der Waals surface area contributed by atoms with Gasteiger partial charge in [0.1, 0.15) is 30.1 Å². The number of amides is 1. The number of rotatable bonds is 7. The van der Waals surface area contributed by atoms with Crippen molar-refractivity contribution in [1.29, 1.82) is 0 Å². The summed E-state index contributed by atoms with van der Waals surface area (Å²) in [4.78, 5) is 25.0. The van der Waals surface area contributed by atoms with Crippen molar-refractivity contribution < 1.29 is 14.3 Å². The Balaban J connectivity index is 1.47. The lowest BCUT2D eigenvalue weighted by molar-refractivity contribution is -0.135. The first-order chi connectivity index (χ1) is 14.9. The molecule has 166 valence electrons. The normalized spacial score (nSPS) is 18.5. The van der Waals surface area contributed by atoms with Gasteiger partial charge in [-0.1, -0.05) is 6.92 Å². The van der Waals surface area contributed by atoms with Crippen molar-refractivity contribution in [1.82, 2.24) is 14.9 Å². The van der Waals surface area contributed by atoms with E-state index in [0.717, 1.165) is 54.4 Å². The van der Waals surface area contributed by atoms with Crippen LogP contribution in [0.1, 0.15) is 43.9 Å². The van der Waals surface area contributed by atoms with Gasteiger partial charge in [0.15, 0.2) is 0 Å². The maximum Gasteiger partial charge on any atom is 0.248 e. The second-order valence-corrected chi connectivity index (χ2v) is 8.67. The average molecular weight is 426 g/mol. The van der Waals surface area contributed by atoms with E-state index in [1.807, 2.05) is 29.2 Å². The van der Waals surface area contributed by atoms with Gasteiger partial charge in [-0.25, -0.2) is 9.97 Å². The zero-order chi connectivity index (χ0) is 22.0. The van der Waals surface area contributed by atoms with Crippen LogP contribution in [0.25, 0.3) is 0 Å². The second-order valence-electron chi connectivity index (χ2n) is 8.67. The molecule has 4 rings (SSSR count). The van der Waals surface area contributed by atoms with Crippen molar-refractivity contribution in [3.8, 4) is 5.75 Å². The summed E-state index contributed by atoms with van der Waals surface area (Å²) in [5.74, 6) is 1.74. The Morgan fingerprint density at radius 2 is 1.94 bits per heavy atom. The SMILES string of the molecule is COCC(=O)N1CCN(c2cc(C(C)c3cc(OC4(C)CC4)ccc3N)ncn2)CC1. The third kappa shape index (κ3) is 4.90. The summed E-state index contributed by atoms with van der Waals surface area (Å²) in [5, 5.41) is 0. The standard InChI is InChI=1S/C23H31N5O3/c1-16(18-12-17(4-5-19(18)24)31-23(2)6-7-23)20-13-21(26-15-25-20)27-8-10-28(11-9-27)22(29)14-30-3/h4-5,12-13,15-16H,6-11,14,24H2,1-3H3. The third-order valence-corrected chi connectivity index (χ3v) is 6.18. The minimum Gasteiger partial charge on any atom is -0.488 e. The van der Waals surface area contributed by atoms with E-state index in [-0.39, 0.29) is 24.0 Å². The number of benzene rings is 1. The molecule has 1 aliphatic heterocycles. The van der Waals surface area contributed by atoms with Gasteiger partial charge in [0.2, 0.25) is 5.91 Å². The number of aromatic nitrogens is 2. The molecule has 8 nitrogen and oxygen atoms in total. The van der Waals surface area contributed by atoms with Crippen molar-refractivity contribution in [3.05, 3.63) is 41.9 Å². The predicted molar refractivity (Wildman–Crippen MR) is 119 cm³/mol. The van der Waals surface area contributed by atoms with Crippen LogP contribution < -0.4 is 15.4 Å². The number of piperazine rings is 1. The molecule has 1 atom stereocenters. The highest BCUT2D eigenvalue weighted by Crippen LogP contribution is 2.41. The second kappa shape index (κ2) is 8.70. The molecule has 31 heavy (non-hydrogen) atoms. The first-order valence-electron chi connectivity index (χ1n) is 10.8. The summed E-state index contributed by atoms with van der Waals surface area (Å²) >= 11 is 0. The molecule has 0 bridgehead atoms. The maximum absolute atomic E-state index is 12.0. The summed E-state index contributed by atoms with van der Waals surface area (Å²) in [6.45, 7) is 7.12. The van der Waals surface area contributed by atoms with Crippen LogP contribution in [0, 0.1) is 0 Å². The quantitative estimate of drug-likeness (QED) is 0.681. The number of ether oxygens (including phenoxy) is 2. The van der Waals surface area contributed by atoms with E-state index in [0.29, 0.717) is 13.1 Å². The van der Waals surface area contributed by atoms with Crippen molar-refractivity contribution >= 4 is 17.4 Å². The highest BCUT2D eigenvalue weighted by atomic mass is 16.5. The molecule has 1 saturated carbocycles. The Morgan fingerprint density at radius 1 is 1.19 bits per heavy atom. The molecule has 0 spiro atoms. The molecular weight excluding hydrogens is 394 g/mol. The lowest BCUT2D eigenvalue weighted by Crippen LogP contribution is -2.50. The summed E-state index contributed by atoms with van der Waals surface area (Å²) < 4.78 is 11.1. The first kappa shape index (κ1) is 21.4. The molecule has 2 aliphatic rings. The summed E-state index contributed by atoms with van der Waals surface area (Å²) in [6, 6.07) is 7.90. The number of carbonyl (C=O) groups excluding carboxylic acids is 1.